The molecule has 5 heteroatoms. The fourth-order valence-electron chi connectivity index (χ4n) is 0.625. The van der Waals surface area contributed by atoms with Crippen LogP contribution in [0, 0.1) is 3.57 Å². The lowest BCUT2D eigenvalue weighted by Gasteiger charge is -1.93. The van der Waals surface area contributed by atoms with Gasteiger partial charge in [-0.2, -0.15) is 0 Å². The van der Waals surface area contributed by atoms with Crippen molar-refractivity contribution >= 4 is 28.6 Å². The van der Waals surface area contributed by atoms with E-state index in [0.29, 0.717) is 3.57 Å². The molecule has 0 spiro atoms. The topological polar surface area (TPSA) is 70.2 Å². The minimum Gasteiger partial charge on any atom is -0.477 e. The number of carboxylic acids is 1. The van der Waals surface area contributed by atoms with E-state index in [2.05, 4.69) is 4.98 Å². The van der Waals surface area contributed by atoms with Gasteiger partial charge in [0.25, 0.3) is 0 Å². The highest BCUT2D eigenvalue weighted by molar-refractivity contribution is 14.1. The van der Waals surface area contributed by atoms with Gasteiger partial charge in [0.15, 0.2) is 0 Å². The summed E-state index contributed by atoms with van der Waals surface area (Å²) < 4.78 is 0.615. The summed E-state index contributed by atoms with van der Waals surface area (Å²) >= 11 is 1.88. The molecule has 0 bridgehead atoms. The van der Waals surface area contributed by atoms with Gasteiger partial charge in [0, 0.05) is 9.64 Å². The molecule has 0 saturated carbocycles. The lowest BCUT2D eigenvalue weighted by Crippen LogP contribution is -2.11. The SMILES string of the molecule is O=C(O)c1cc(I)cc(=O)[nH]1. The highest BCUT2D eigenvalue weighted by Gasteiger charge is 2.03. The highest BCUT2D eigenvalue weighted by atomic mass is 127. The number of aromatic amines is 1. The van der Waals surface area contributed by atoms with Gasteiger partial charge in [0.05, 0.1) is 0 Å². The molecule has 2 N–H and O–H groups in total. The highest BCUT2D eigenvalue weighted by Crippen LogP contribution is 2.01. The van der Waals surface area contributed by atoms with Crippen LogP contribution in [0.5, 0.6) is 0 Å². The Kier molecular flexibility index (Phi) is 2.28. The Labute approximate surface area is 75.4 Å². The van der Waals surface area contributed by atoms with Crippen molar-refractivity contribution < 1.29 is 9.90 Å². The van der Waals surface area contributed by atoms with Gasteiger partial charge in [0.1, 0.15) is 5.69 Å². The molecule has 0 aliphatic rings. The van der Waals surface area contributed by atoms with Gasteiger partial charge in [-0.3, -0.25) is 4.79 Å². The van der Waals surface area contributed by atoms with Crippen LogP contribution in [0.3, 0.4) is 0 Å². The summed E-state index contributed by atoms with van der Waals surface area (Å²) in [6, 6.07) is 2.72. The average Bonchev–Trinajstić information content (AvgIpc) is 1.85. The molecule has 0 radical (unpaired) electrons. The smallest absolute Gasteiger partial charge is 0.352 e. The molecule has 58 valence electrons. The Morgan fingerprint density at radius 3 is 2.64 bits per heavy atom. The number of carbonyl (C=O) groups is 1. The van der Waals surface area contributed by atoms with E-state index in [9.17, 15) is 9.59 Å². The van der Waals surface area contributed by atoms with Gasteiger partial charge in [-0.25, -0.2) is 4.79 Å². The van der Waals surface area contributed by atoms with Crippen LogP contribution in [0.1, 0.15) is 10.5 Å². The minimum atomic E-state index is -1.12. The van der Waals surface area contributed by atoms with Gasteiger partial charge in [-0.15, -0.1) is 0 Å². The second-order valence-electron chi connectivity index (χ2n) is 1.88. The predicted molar refractivity (Wildman–Crippen MR) is 46.7 cm³/mol. The van der Waals surface area contributed by atoms with Gasteiger partial charge in [-0.1, -0.05) is 0 Å². The lowest BCUT2D eigenvalue weighted by atomic mass is 10.4. The molecule has 0 unspecified atom stereocenters. The zero-order valence-corrected chi connectivity index (χ0v) is 7.45. The number of carboxylic acid groups (broad SMARTS) is 1. The van der Waals surface area contributed by atoms with Crippen LogP contribution < -0.4 is 5.56 Å². The molecule has 0 aliphatic carbocycles. The Morgan fingerprint density at radius 1 is 1.55 bits per heavy atom. The van der Waals surface area contributed by atoms with Crippen LogP contribution in [0.25, 0.3) is 0 Å². The zero-order chi connectivity index (χ0) is 8.43. The summed E-state index contributed by atoms with van der Waals surface area (Å²) in [6.07, 6.45) is 0. The van der Waals surface area contributed by atoms with E-state index < -0.39 is 11.5 Å². The standard InChI is InChI=1S/C6H4INO3/c7-3-1-4(6(10)11)8-5(9)2-3/h1-2H,(H,8,9)(H,10,11). The van der Waals surface area contributed by atoms with Crippen molar-refractivity contribution in [2.75, 3.05) is 0 Å². The van der Waals surface area contributed by atoms with Crippen molar-refractivity contribution in [3.63, 3.8) is 0 Å². The first kappa shape index (κ1) is 8.25. The summed E-state index contributed by atoms with van der Waals surface area (Å²) in [6.45, 7) is 0. The van der Waals surface area contributed by atoms with Crippen LogP contribution >= 0.6 is 22.6 Å². The second-order valence-corrected chi connectivity index (χ2v) is 3.13. The van der Waals surface area contributed by atoms with E-state index in [1.165, 1.54) is 12.1 Å². The van der Waals surface area contributed by atoms with Crippen LogP contribution in [-0.4, -0.2) is 16.1 Å². The molecule has 1 rings (SSSR count). The maximum Gasteiger partial charge on any atom is 0.352 e. The Morgan fingerprint density at radius 2 is 2.18 bits per heavy atom. The zero-order valence-electron chi connectivity index (χ0n) is 5.30. The molecular weight excluding hydrogens is 261 g/mol. The normalized spacial score (nSPS) is 9.55. The predicted octanol–water partition coefficient (Wildman–Crippen LogP) is 0.678. The minimum absolute atomic E-state index is 0.0816. The number of aromatic nitrogens is 1. The molecule has 4 nitrogen and oxygen atoms in total. The van der Waals surface area contributed by atoms with Gasteiger partial charge in [0.2, 0.25) is 5.56 Å². The van der Waals surface area contributed by atoms with Crippen LogP contribution in [-0.2, 0) is 0 Å². The van der Waals surface area contributed by atoms with Crippen molar-refractivity contribution in [3.8, 4) is 0 Å². The largest absolute Gasteiger partial charge is 0.477 e. The molecule has 0 amide bonds. The molecule has 1 aromatic heterocycles. The first-order valence-electron chi connectivity index (χ1n) is 2.73. The maximum absolute atomic E-state index is 10.7. The quantitative estimate of drug-likeness (QED) is 0.733. The molecule has 1 heterocycles. The summed E-state index contributed by atoms with van der Waals surface area (Å²) in [5, 5.41) is 8.46. The third-order valence-corrected chi connectivity index (χ3v) is 1.66. The lowest BCUT2D eigenvalue weighted by molar-refractivity contribution is 0.0690. The molecular formula is C6H4INO3. The molecule has 0 atom stereocenters. The monoisotopic (exact) mass is 265 g/mol. The van der Waals surface area contributed by atoms with Gasteiger partial charge >= 0.3 is 5.97 Å². The van der Waals surface area contributed by atoms with Crippen molar-refractivity contribution in [1.29, 1.82) is 0 Å². The van der Waals surface area contributed by atoms with Gasteiger partial charge < -0.3 is 10.1 Å². The van der Waals surface area contributed by atoms with Crippen molar-refractivity contribution in [2.24, 2.45) is 0 Å². The van der Waals surface area contributed by atoms with Crippen molar-refractivity contribution in [2.45, 2.75) is 0 Å². The number of rotatable bonds is 1. The van der Waals surface area contributed by atoms with E-state index in [4.69, 9.17) is 5.11 Å². The molecule has 0 saturated heterocycles. The van der Waals surface area contributed by atoms with Crippen LogP contribution in [0.2, 0.25) is 0 Å². The Bertz CT molecular complexity index is 344. The first-order valence-corrected chi connectivity index (χ1v) is 3.80. The first-order chi connectivity index (χ1) is 5.09. The van der Waals surface area contributed by atoms with Gasteiger partial charge in [-0.05, 0) is 28.7 Å². The summed E-state index contributed by atoms with van der Waals surface area (Å²) in [5.74, 6) is -1.12. The Hall–Kier alpha value is -0.850. The number of halogens is 1. The Balaban J connectivity index is 3.30. The fraction of sp³-hybridized carbons (Fsp3) is 0. The number of H-pyrrole nitrogens is 1. The van der Waals surface area contributed by atoms with E-state index >= 15 is 0 Å². The van der Waals surface area contributed by atoms with E-state index in [1.54, 1.807) is 0 Å². The van der Waals surface area contributed by atoms with E-state index in [-0.39, 0.29) is 5.69 Å². The molecule has 0 fully saturated rings. The number of aromatic carboxylic acids is 1. The number of hydrogen-bond acceptors (Lipinski definition) is 2. The van der Waals surface area contributed by atoms with Crippen LogP contribution in [0.4, 0.5) is 0 Å². The third-order valence-electron chi connectivity index (χ3n) is 1.04. The summed E-state index contributed by atoms with van der Waals surface area (Å²) in [5.41, 5.74) is -0.476. The molecule has 1 aromatic rings. The molecule has 0 aliphatic heterocycles. The third kappa shape index (κ3) is 2.04. The van der Waals surface area contributed by atoms with Crippen molar-refractivity contribution in [1.82, 2.24) is 4.98 Å². The fourth-order valence-corrected chi connectivity index (χ4v) is 1.22. The number of nitrogens with one attached hydrogen (secondary N) is 1. The molecule has 11 heavy (non-hydrogen) atoms. The maximum atomic E-state index is 10.7. The number of pyridine rings is 1. The van der Waals surface area contributed by atoms with E-state index in [0.717, 1.165) is 0 Å². The summed E-state index contributed by atoms with van der Waals surface area (Å²) in [4.78, 5) is 23.2. The number of hydrogen-bond donors (Lipinski definition) is 2. The molecule has 0 aromatic carbocycles. The van der Waals surface area contributed by atoms with E-state index in [1.807, 2.05) is 22.6 Å². The summed E-state index contributed by atoms with van der Waals surface area (Å²) in [7, 11) is 0. The average molecular weight is 265 g/mol. The van der Waals surface area contributed by atoms with Crippen LogP contribution in [0.15, 0.2) is 16.9 Å². The second kappa shape index (κ2) is 3.04. The van der Waals surface area contributed by atoms with Crippen molar-refractivity contribution in [3.05, 3.63) is 31.8 Å².